The van der Waals surface area contributed by atoms with Gasteiger partial charge in [-0.05, 0) is 37.6 Å². The number of aryl methyl sites for hydroxylation is 2. The van der Waals surface area contributed by atoms with Crippen LogP contribution >= 0.6 is 0 Å². The second-order valence-corrected chi connectivity index (χ2v) is 5.89. The topological polar surface area (TPSA) is 76.1 Å². The van der Waals surface area contributed by atoms with Gasteiger partial charge in [0.15, 0.2) is 0 Å². The van der Waals surface area contributed by atoms with Crippen molar-refractivity contribution in [1.82, 2.24) is 9.97 Å². The Balaban J connectivity index is 1.79. The van der Waals surface area contributed by atoms with Gasteiger partial charge in [-0.1, -0.05) is 29.8 Å². The summed E-state index contributed by atoms with van der Waals surface area (Å²) in [5.41, 5.74) is 3.94. The van der Waals surface area contributed by atoms with Gasteiger partial charge in [-0.2, -0.15) is 0 Å². The van der Waals surface area contributed by atoms with E-state index in [0.717, 1.165) is 22.5 Å². The second kappa shape index (κ2) is 7.65. The Hall–Kier alpha value is -3.41. The minimum Gasteiger partial charge on any atom is -0.495 e. The second-order valence-electron chi connectivity index (χ2n) is 5.89. The summed E-state index contributed by atoms with van der Waals surface area (Å²) in [6, 6.07) is 14.9. The molecule has 0 bridgehead atoms. The van der Waals surface area contributed by atoms with E-state index in [2.05, 4.69) is 20.6 Å². The van der Waals surface area contributed by atoms with Crippen molar-refractivity contribution in [3.63, 3.8) is 0 Å². The summed E-state index contributed by atoms with van der Waals surface area (Å²) in [5.74, 6) is 0.908. The number of methoxy groups -OCH3 is 1. The first-order valence-corrected chi connectivity index (χ1v) is 8.17. The molecule has 2 N–H and O–H groups in total. The number of ether oxygens (including phenoxy) is 1. The number of anilines is 3. The number of hydrogen-bond donors (Lipinski definition) is 2. The van der Waals surface area contributed by atoms with Crippen LogP contribution in [0.1, 0.15) is 21.6 Å². The third kappa shape index (κ3) is 3.97. The minimum atomic E-state index is -0.289. The van der Waals surface area contributed by atoms with Crippen LogP contribution in [0.5, 0.6) is 5.75 Å². The van der Waals surface area contributed by atoms with Gasteiger partial charge in [-0.15, -0.1) is 0 Å². The van der Waals surface area contributed by atoms with Gasteiger partial charge >= 0.3 is 0 Å². The molecule has 0 unspecified atom stereocenters. The first-order chi connectivity index (χ1) is 12.6. The van der Waals surface area contributed by atoms with Gasteiger partial charge in [0, 0.05) is 11.8 Å². The molecule has 0 atom stereocenters. The van der Waals surface area contributed by atoms with E-state index in [1.54, 1.807) is 13.2 Å². The molecule has 26 heavy (non-hydrogen) atoms. The highest BCUT2D eigenvalue weighted by atomic mass is 16.5. The quantitative estimate of drug-likeness (QED) is 0.726. The maximum absolute atomic E-state index is 12.5. The van der Waals surface area contributed by atoms with Crippen molar-refractivity contribution in [2.24, 2.45) is 0 Å². The van der Waals surface area contributed by atoms with Crippen LogP contribution in [0.15, 0.2) is 54.9 Å². The molecule has 3 rings (SSSR count). The van der Waals surface area contributed by atoms with E-state index < -0.39 is 0 Å². The van der Waals surface area contributed by atoms with Crippen molar-refractivity contribution < 1.29 is 9.53 Å². The molecule has 1 heterocycles. The first-order valence-electron chi connectivity index (χ1n) is 8.17. The van der Waals surface area contributed by atoms with E-state index in [0.29, 0.717) is 11.6 Å². The number of nitrogens with zero attached hydrogens (tertiary/aromatic N) is 2. The number of para-hydroxylation sites is 2. The summed E-state index contributed by atoms with van der Waals surface area (Å²) in [6.45, 7) is 3.97. The number of carbonyl (C=O) groups is 1. The monoisotopic (exact) mass is 348 g/mol. The van der Waals surface area contributed by atoms with E-state index in [1.807, 2.05) is 56.3 Å². The van der Waals surface area contributed by atoms with Crippen LogP contribution < -0.4 is 15.4 Å². The number of hydrogen-bond acceptors (Lipinski definition) is 5. The van der Waals surface area contributed by atoms with Crippen molar-refractivity contribution in [2.45, 2.75) is 13.8 Å². The highest BCUT2D eigenvalue weighted by Gasteiger charge is 2.11. The van der Waals surface area contributed by atoms with Gasteiger partial charge in [-0.25, -0.2) is 9.97 Å². The number of amides is 1. The largest absolute Gasteiger partial charge is 0.495 e. The summed E-state index contributed by atoms with van der Waals surface area (Å²) in [5, 5.41) is 6.03. The first kappa shape index (κ1) is 17.4. The average molecular weight is 348 g/mol. The van der Waals surface area contributed by atoms with Crippen molar-refractivity contribution in [3.8, 4) is 5.75 Å². The Morgan fingerprint density at radius 2 is 1.81 bits per heavy atom. The molecule has 0 saturated carbocycles. The van der Waals surface area contributed by atoms with E-state index in [4.69, 9.17) is 4.74 Å². The molecular formula is C20H20N4O2. The maximum Gasteiger partial charge on any atom is 0.274 e. The SMILES string of the molecule is COc1ccccc1Nc1cc(C(=O)Nc2ccc(C)cc2C)ncn1. The third-order valence-corrected chi connectivity index (χ3v) is 3.90. The minimum absolute atomic E-state index is 0.275. The van der Waals surface area contributed by atoms with E-state index in [-0.39, 0.29) is 11.6 Å². The highest BCUT2D eigenvalue weighted by Crippen LogP contribution is 2.26. The Bertz CT molecular complexity index is 941. The highest BCUT2D eigenvalue weighted by molar-refractivity contribution is 6.03. The Labute approximate surface area is 152 Å². The van der Waals surface area contributed by atoms with E-state index >= 15 is 0 Å². The predicted molar refractivity (Wildman–Crippen MR) is 102 cm³/mol. The van der Waals surface area contributed by atoms with Crippen molar-refractivity contribution in [3.05, 3.63) is 71.7 Å². The molecule has 0 fully saturated rings. The maximum atomic E-state index is 12.5. The number of benzene rings is 2. The lowest BCUT2D eigenvalue weighted by atomic mass is 10.1. The van der Waals surface area contributed by atoms with Gasteiger partial charge in [0.05, 0.1) is 12.8 Å². The summed E-state index contributed by atoms with van der Waals surface area (Å²) in [6.07, 6.45) is 1.36. The van der Waals surface area contributed by atoms with Crippen LogP contribution in [-0.2, 0) is 0 Å². The molecule has 1 amide bonds. The smallest absolute Gasteiger partial charge is 0.274 e. The van der Waals surface area contributed by atoms with E-state index in [1.165, 1.54) is 6.33 Å². The Morgan fingerprint density at radius 3 is 2.58 bits per heavy atom. The molecule has 132 valence electrons. The van der Waals surface area contributed by atoms with Gasteiger partial charge in [0.2, 0.25) is 0 Å². The Morgan fingerprint density at radius 1 is 1.00 bits per heavy atom. The lowest BCUT2D eigenvalue weighted by molar-refractivity contribution is 0.102. The summed E-state index contributed by atoms with van der Waals surface area (Å²) >= 11 is 0. The number of carbonyl (C=O) groups excluding carboxylic acids is 1. The normalized spacial score (nSPS) is 10.3. The molecule has 3 aromatic rings. The van der Waals surface area contributed by atoms with Crippen LogP contribution in [0.3, 0.4) is 0 Å². The van der Waals surface area contributed by atoms with Crippen molar-refractivity contribution in [1.29, 1.82) is 0 Å². The number of aromatic nitrogens is 2. The predicted octanol–water partition coefficient (Wildman–Crippen LogP) is 4.10. The average Bonchev–Trinajstić information content (AvgIpc) is 2.64. The standard InChI is InChI=1S/C20H20N4O2/c1-13-8-9-15(14(2)10-13)24-20(25)17-11-19(22-12-21-17)23-16-6-4-5-7-18(16)26-3/h4-12H,1-3H3,(H,24,25)(H,21,22,23). The van der Waals surface area contributed by atoms with Crippen LogP contribution in [-0.4, -0.2) is 23.0 Å². The van der Waals surface area contributed by atoms with Crippen molar-refractivity contribution in [2.75, 3.05) is 17.7 Å². The molecule has 2 aromatic carbocycles. The molecule has 6 nitrogen and oxygen atoms in total. The number of nitrogens with one attached hydrogen (secondary N) is 2. The Kier molecular flexibility index (Phi) is 5.12. The molecule has 0 radical (unpaired) electrons. The molecule has 0 aliphatic carbocycles. The van der Waals surface area contributed by atoms with E-state index in [9.17, 15) is 4.79 Å². The summed E-state index contributed by atoms with van der Waals surface area (Å²) in [4.78, 5) is 20.8. The van der Waals surface area contributed by atoms with Crippen molar-refractivity contribution >= 4 is 23.1 Å². The fourth-order valence-corrected chi connectivity index (χ4v) is 2.58. The van der Waals surface area contributed by atoms with Gasteiger partial charge in [0.1, 0.15) is 23.6 Å². The van der Waals surface area contributed by atoms with Crippen LogP contribution in [0.4, 0.5) is 17.2 Å². The lowest BCUT2D eigenvalue weighted by Crippen LogP contribution is -2.15. The molecule has 6 heteroatoms. The third-order valence-electron chi connectivity index (χ3n) is 3.90. The fourth-order valence-electron chi connectivity index (χ4n) is 2.58. The lowest BCUT2D eigenvalue weighted by Gasteiger charge is -2.11. The van der Waals surface area contributed by atoms with Crippen LogP contribution in [0.2, 0.25) is 0 Å². The fraction of sp³-hybridized carbons (Fsp3) is 0.150. The number of rotatable bonds is 5. The zero-order valence-electron chi connectivity index (χ0n) is 14.9. The summed E-state index contributed by atoms with van der Waals surface area (Å²) in [7, 11) is 1.60. The molecule has 0 aliphatic rings. The van der Waals surface area contributed by atoms with Crippen LogP contribution in [0, 0.1) is 13.8 Å². The molecular weight excluding hydrogens is 328 g/mol. The molecule has 0 saturated heterocycles. The summed E-state index contributed by atoms with van der Waals surface area (Å²) < 4.78 is 5.31. The van der Waals surface area contributed by atoms with Crippen LogP contribution in [0.25, 0.3) is 0 Å². The van der Waals surface area contributed by atoms with Gasteiger partial charge < -0.3 is 15.4 Å². The molecule has 1 aromatic heterocycles. The molecule has 0 spiro atoms. The van der Waals surface area contributed by atoms with Gasteiger partial charge in [0.25, 0.3) is 5.91 Å². The molecule has 0 aliphatic heterocycles. The zero-order chi connectivity index (χ0) is 18.5. The zero-order valence-corrected chi connectivity index (χ0v) is 14.9. The van der Waals surface area contributed by atoms with Gasteiger partial charge in [-0.3, -0.25) is 4.79 Å².